The maximum Gasteiger partial charge on any atom is 0.0594 e. The molecule has 0 aromatic rings. The predicted octanol–water partition coefficient (Wildman–Crippen LogP) is 1.23. The molecule has 3 heteroatoms. The topological polar surface area (TPSA) is 38.5 Å². The summed E-state index contributed by atoms with van der Waals surface area (Å²) in [4.78, 5) is 2.43. The SMILES string of the molecule is CC#CCCC(N)C(C)(C)N1CCOCC1. The molecular formula is C13H24N2O. The molecule has 3 nitrogen and oxygen atoms in total. The Bertz CT molecular complexity index is 259. The molecule has 1 aliphatic rings. The molecule has 0 radical (unpaired) electrons. The highest BCUT2D eigenvalue weighted by Gasteiger charge is 2.33. The molecule has 0 amide bonds. The normalized spacial score (nSPS) is 20.0. The van der Waals surface area contributed by atoms with E-state index in [1.165, 1.54) is 0 Å². The van der Waals surface area contributed by atoms with E-state index in [-0.39, 0.29) is 11.6 Å². The highest BCUT2D eigenvalue weighted by atomic mass is 16.5. The van der Waals surface area contributed by atoms with Gasteiger partial charge in [-0.1, -0.05) is 0 Å². The number of hydrogen-bond acceptors (Lipinski definition) is 3. The summed E-state index contributed by atoms with van der Waals surface area (Å²) in [6.45, 7) is 9.94. The highest BCUT2D eigenvalue weighted by Crippen LogP contribution is 2.21. The lowest BCUT2D eigenvalue weighted by Gasteiger charge is -2.44. The van der Waals surface area contributed by atoms with Crippen LogP contribution >= 0.6 is 0 Å². The summed E-state index contributed by atoms with van der Waals surface area (Å²) in [5.74, 6) is 6.00. The third-order valence-corrected chi connectivity index (χ3v) is 3.49. The number of hydrogen-bond donors (Lipinski definition) is 1. The minimum absolute atomic E-state index is 0.0409. The number of ether oxygens (including phenoxy) is 1. The molecule has 0 aromatic carbocycles. The average molecular weight is 224 g/mol. The minimum atomic E-state index is 0.0409. The van der Waals surface area contributed by atoms with Gasteiger partial charge in [0.05, 0.1) is 13.2 Å². The van der Waals surface area contributed by atoms with Gasteiger partial charge in [-0.2, -0.15) is 0 Å². The molecule has 92 valence electrons. The van der Waals surface area contributed by atoms with E-state index in [2.05, 4.69) is 30.6 Å². The molecule has 0 saturated carbocycles. The molecule has 2 N–H and O–H groups in total. The fourth-order valence-electron chi connectivity index (χ4n) is 2.08. The summed E-state index contributed by atoms with van der Waals surface area (Å²) in [5, 5.41) is 0. The van der Waals surface area contributed by atoms with Gasteiger partial charge in [0.1, 0.15) is 0 Å². The van der Waals surface area contributed by atoms with Crippen molar-refractivity contribution in [3.8, 4) is 11.8 Å². The summed E-state index contributed by atoms with van der Waals surface area (Å²) < 4.78 is 5.37. The molecule has 0 spiro atoms. The molecule has 1 fully saturated rings. The van der Waals surface area contributed by atoms with Crippen molar-refractivity contribution in [2.24, 2.45) is 5.73 Å². The Morgan fingerprint density at radius 2 is 2.00 bits per heavy atom. The monoisotopic (exact) mass is 224 g/mol. The van der Waals surface area contributed by atoms with Gasteiger partial charge in [-0.25, -0.2) is 0 Å². The summed E-state index contributed by atoms with van der Waals surface area (Å²) >= 11 is 0. The van der Waals surface area contributed by atoms with Gasteiger partial charge in [0.2, 0.25) is 0 Å². The van der Waals surface area contributed by atoms with E-state index >= 15 is 0 Å². The first-order valence-electron chi connectivity index (χ1n) is 6.07. The van der Waals surface area contributed by atoms with Crippen LogP contribution in [-0.2, 0) is 4.74 Å². The molecule has 0 aromatic heterocycles. The zero-order chi connectivity index (χ0) is 12.0. The molecular weight excluding hydrogens is 200 g/mol. The Hall–Kier alpha value is -0.560. The number of morpholine rings is 1. The summed E-state index contributed by atoms with van der Waals surface area (Å²) in [6, 6.07) is 0.173. The molecule has 0 bridgehead atoms. The van der Waals surface area contributed by atoms with E-state index in [0.29, 0.717) is 0 Å². The van der Waals surface area contributed by atoms with Crippen molar-refractivity contribution < 1.29 is 4.74 Å². The fraction of sp³-hybridized carbons (Fsp3) is 0.846. The van der Waals surface area contributed by atoms with Gasteiger partial charge in [-0.05, 0) is 27.2 Å². The third-order valence-electron chi connectivity index (χ3n) is 3.49. The summed E-state index contributed by atoms with van der Waals surface area (Å²) in [6.07, 6.45) is 1.86. The Kier molecular flexibility index (Phi) is 5.27. The van der Waals surface area contributed by atoms with E-state index < -0.39 is 0 Å². The standard InChI is InChI=1S/C13H24N2O/c1-4-5-6-7-12(14)13(2,3)15-8-10-16-11-9-15/h12H,6-11,14H2,1-3H3. The van der Waals surface area contributed by atoms with Gasteiger partial charge in [0.25, 0.3) is 0 Å². The molecule has 0 aliphatic carbocycles. The van der Waals surface area contributed by atoms with Crippen molar-refractivity contribution in [2.45, 2.75) is 45.2 Å². The van der Waals surface area contributed by atoms with Crippen molar-refractivity contribution in [1.82, 2.24) is 4.90 Å². The van der Waals surface area contributed by atoms with Crippen LogP contribution in [0.5, 0.6) is 0 Å². The lowest BCUT2D eigenvalue weighted by atomic mass is 9.89. The van der Waals surface area contributed by atoms with Crippen molar-refractivity contribution in [3.63, 3.8) is 0 Å². The van der Waals surface area contributed by atoms with E-state index in [9.17, 15) is 0 Å². The largest absolute Gasteiger partial charge is 0.379 e. The minimum Gasteiger partial charge on any atom is -0.379 e. The van der Waals surface area contributed by atoms with E-state index in [1.807, 2.05) is 6.92 Å². The van der Waals surface area contributed by atoms with Crippen LogP contribution in [-0.4, -0.2) is 42.8 Å². The number of nitrogens with zero attached hydrogens (tertiary/aromatic N) is 1. The molecule has 1 unspecified atom stereocenters. The molecule has 1 aliphatic heterocycles. The summed E-state index contributed by atoms with van der Waals surface area (Å²) in [7, 11) is 0. The maximum absolute atomic E-state index is 6.27. The molecule has 1 atom stereocenters. The van der Waals surface area contributed by atoms with Crippen LogP contribution in [0.2, 0.25) is 0 Å². The zero-order valence-corrected chi connectivity index (χ0v) is 10.8. The van der Waals surface area contributed by atoms with Crippen LogP contribution in [0.1, 0.15) is 33.6 Å². The van der Waals surface area contributed by atoms with Gasteiger partial charge in [0, 0.05) is 31.1 Å². The summed E-state index contributed by atoms with van der Waals surface area (Å²) in [5.41, 5.74) is 6.31. The van der Waals surface area contributed by atoms with Crippen LogP contribution in [0, 0.1) is 11.8 Å². The molecule has 1 heterocycles. The second kappa shape index (κ2) is 6.24. The first kappa shape index (κ1) is 13.5. The van der Waals surface area contributed by atoms with E-state index in [1.54, 1.807) is 0 Å². The van der Waals surface area contributed by atoms with Crippen LogP contribution in [0.25, 0.3) is 0 Å². The quantitative estimate of drug-likeness (QED) is 0.730. The van der Waals surface area contributed by atoms with Gasteiger partial charge >= 0.3 is 0 Å². The fourth-order valence-corrected chi connectivity index (χ4v) is 2.08. The smallest absolute Gasteiger partial charge is 0.0594 e. The van der Waals surface area contributed by atoms with Crippen molar-refractivity contribution in [3.05, 3.63) is 0 Å². The average Bonchev–Trinajstić information content (AvgIpc) is 2.30. The van der Waals surface area contributed by atoms with Gasteiger partial charge in [0.15, 0.2) is 0 Å². The van der Waals surface area contributed by atoms with Crippen molar-refractivity contribution in [2.75, 3.05) is 26.3 Å². The highest BCUT2D eigenvalue weighted by molar-refractivity contribution is 4.99. The van der Waals surface area contributed by atoms with Crippen molar-refractivity contribution in [1.29, 1.82) is 0 Å². The van der Waals surface area contributed by atoms with E-state index in [4.69, 9.17) is 10.5 Å². The maximum atomic E-state index is 6.27. The first-order chi connectivity index (χ1) is 7.59. The second-order valence-electron chi connectivity index (χ2n) is 4.83. The lowest BCUT2D eigenvalue weighted by molar-refractivity contribution is -0.0193. The predicted molar refractivity (Wildman–Crippen MR) is 67.1 cm³/mol. The number of rotatable bonds is 4. The molecule has 1 rings (SSSR count). The first-order valence-corrected chi connectivity index (χ1v) is 6.07. The van der Waals surface area contributed by atoms with Crippen LogP contribution in [0.15, 0.2) is 0 Å². The molecule has 16 heavy (non-hydrogen) atoms. The Labute approximate surface area is 99.3 Å². The van der Waals surface area contributed by atoms with Gasteiger partial charge < -0.3 is 10.5 Å². The Balaban J connectivity index is 2.48. The lowest BCUT2D eigenvalue weighted by Crippen LogP contribution is -2.59. The van der Waals surface area contributed by atoms with Gasteiger partial charge in [-0.15, -0.1) is 11.8 Å². The zero-order valence-electron chi connectivity index (χ0n) is 10.8. The third kappa shape index (κ3) is 3.48. The van der Waals surface area contributed by atoms with Gasteiger partial charge in [-0.3, -0.25) is 4.90 Å². The molecule has 1 saturated heterocycles. The van der Waals surface area contributed by atoms with Crippen LogP contribution < -0.4 is 5.73 Å². The Morgan fingerprint density at radius 1 is 1.38 bits per heavy atom. The van der Waals surface area contributed by atoms with Crippen LogP contribution in [0.4, 0.5) is 0 Å². The van der Waals surface area contributed by atoms with E-state index in [0.717, 1.165) is 39.1 Å². The van der Waals surface area contributed by atoms with Crippen molar-refractivity contribution >= 4 is 0 Å². The van der Waals surface area contributed by atoms with Crippen LogP contribution in [0.3, 0.4) is 0 Å². The number of nitrogens with two attached hydrogens (primary N) is 1. The second-order valence-corrected chi connectivity index (χ2v) is 4.83. The Morgan fingerprint density at radius 3 is 2.56 bits per heavy atom.